The van der Waals surface area contributed by atoms with Gasteiger partial charge in [-0.15, -0.1) is 0 Å². The zero-order valence-electron chi connectivity index (χ0n) is 11.7. The maximum atomic E-state index is 12.5. The fourth-order valence-electron chi connectivity index (χ4n) is 3.34. The Bertz CT molecular complexity index is 251. The maximum Gasteiger partial charge on any atom is 0.225 e. The smallest absolute Gasteiger partial charge is 0.225 e. The van der Waals surface area contributed by atoms with Crippen LogP contribution in [0.2, 0.25) is 0 Å². The van der Waals surface area contributed by atoms with E-state index in [2.05, 4.69) is 4.90 Å². The van der Waals surface area contributed by atoms with Crippen LogP contribution in [0.5, 0.6) is 0 Å². The van der Waals surface area contributed by atoms with Gasteiger partial charge >= 0.3 is 0 Å². The number of methoxy groups -OCH3 is 1. The highest BCUT2D eigenvalue weighted by atomic mass is 16.5. The lowest BCUT2D eigenvalue weighted by Crippen LogP contribution is -2.42. The lowest BCUT2D eigenvalue weighted by Gasteiger charge is -2.34. The van der Waals surface area contributed by atoms with Gasteiger partial charge in [0.2, 0.25) is 5.91 Å². The third-order valence-electron chi connectivity index (χ3n) is 4.53. The molecule has 1 saturated heterocycles. The molecule has 2 aliphatic rings. The van der Waals surface area contributed by atoms with Crippen molar-refractivity contribution in [1.29, 1.82) is 0 Å². The summed E-state index contributed by atoms with van der Waals surface area (Å²) in [5.41, 5.74) is 0. The summed E-state index contributed by atoms with van der Waals surface area (Å²) in [6.07, 6.45) is 9.61. The van der Waals surface area contributed by atoms with Crippen molar-refractivity contribution in [3.8, 4) is 0 Å². The fraction of sp³-hybridized carbons (Fsp3) is 0.933. The number of piperidine rings is 1. The third kappa shape index (κ3) is 3.71. The van der Waals surface area contributed by atoms with Crippen LogP contribution in [0.3, 0.4) is 0 Å². The molecule has 0 aromatic heterocycles. The topological polar surface area (TPSA) is 29.5 Å². The predicted molar refractivity (Wildman–Crippen MR) is 72.4 cm³/mol. The highest BCUT2D eigenvalue weighted by molar-refractivity contribution is 5.78. The van der Waals surface area contributed by atoms with Crippen LogP contribution in [0.25, 0.3) is 0 Å². The summed E-state index contributed by atoms with van der Waals surface area (Å²) in [7, 11) is 1.77. The first kappa shape index (κ1) is 13.9. The normalized spacial score (nSPS) is 23.9. The molecule has 0 atom stereocenters. The van der Waals surface area contributed by atoms with E-state index in [1.165, 1.54) is 25.7 Å². The van der Waals surface area contributed by atoms with Gasteiger partial charge in [-0.2, -0.15) is 0 Å². The number of hydrogen-bond acceptors (Lipinski definition) is 2. The maximum absolute atomic E-state index is 12.5. The summed E-state index contributed by atoms with van der Waals surface area (Å²) in [6, 6.07) is 0. The molecule has 0 N–H and O–H groups in total. The minimum absolute atomic E-state index is 0.325. The van der Waals surface area contributed by atoms with E-state index >= 15 is 0 Å². The molecule has 0 radical (unpaired) electrons. The fourth-order valence-corrected chi connectivity index (χ4v) is 3.34. The standard InChI is InChI=1S/C15H27NO2/c1-18-12-13-8-10-16(11-9-13)15(17)14-6-4-2-3-5-7-14/h13-14H,2-12H2,1H3. The van der Waals surface area contributed by atoms with Gasteiger partial charge in [0.25, 0.3) is 0 Å². The molecular weight excluding hydrogens is 226 g/mol. The molecule has 0 bridgehead atoms. The van der Waals surface area contributed by atoms with E-state index in [1.54, 1.807) is 7.11 Å². The molecule has 2 fully saturated rings. The Labute approximate surface area is 111 Å². The SMILES string of the molecule is COCC1CCN(C(=O)C2CCCCCC2)CC1. The first-order valence-corrected chi connectivity index (χ1v) is 7.59. The van der Waals surface area contributed by atoms with Crippen LogP contribution < -0.4 is 0 Å². The molecule has 104 valence electrons. The van der Waals surface area contributed by atoms with E-state index in [0.717, 1.165) is 45.4 Å². The molecule has 1 heterocycles. The van der Waals surface area contributed by atoms with Gasteiger partial charge in [0, 0.05) is 32.7 Å². The summed E-state index contributed by atoms with van der Waals surface area (Å²) in [5.74, 6) is 1.42. The molecule has 1 aliphatic carbocycles. The van der Waals surface area contributed by atoms with Gasteiger partial charge in [-0.3, -0.25) is 4.79 Å². The average Bonchev–Trinajstić information content (AvgIpc) is 2.68. The summed E-state index contributed by atoms with van der Waals surface area (Å²) in [5, 5.41) is 0. The number of ether oxygens (including phenoxy) is 1. The second-order valence-corrected chi connectivity index (χ2v) is 5.91. The Morgan fingerprint density at radius 2 is 1.67 bits per heavy atom. The van der Waals surface area contributed by atoms with Crippen LogP contribution in [-0.2, 0) is 9.53 Å². The minimum Gasteiger partial charge on any atom is -0.384 e. The molecule has 1 saturated carbocycles. The zero-order chi connectivity index (χ0) is 12.8. The van der Waals surface area contributed by atoms with E-state index in [9.17, 15) is 4.79 Å². The third-order valence-corrected chi connectivity index (χ3v) is 4.53. The van der Waals surface area contributed by atoms with Crippen molar-refractivity contribution in [1.82, 2.24) is 4.90 Å². The molecular formula is C15H27NO2. The van der Waals surface area contributed by atoms with Crippen molar-refractivity contribution >= 4 is 5.91 Å². The number of nitrogens with zero attached hydrogens (tertiary/aromatic N) is 1. The van der Waals surface area contributed by atoms with E-state index in [4.69, 9.17) is 4.74 Å². The highest BCUT2D eigenvalue weighted by Gasteiger charge is 2.28. The Balaban J connectivity index is 1.79. The number of rotatable bonds is 3. The molecule has 1 aliphatic heterocycles. The number of carbonyl (C=O) groups excluding carboxylic acids is 1. The summed E-state index contributed by atoms with van der Waals surface area (Å²) in [4.78, 5) is 14.6. The van der Waals surface area contributed by atoms with E-state index in [-0.39, 0.29) is 0 Å². The molecule has 0 unspecified atom stereocenters. The van der Waals surface area contributed by atoms with E-state index in [0.29, 0.717) is 17.7 Å². The summed E-state index contributed by atoms with van der Waals surface area (Å²) >= 11 is 0. The van der Waals surface area contributed by atoms with Crippen molar-refractivity contribution in [2.45, 2.75) is 51.4 Å². The second-order valence-electron chi connectivity index (χ2n) is 5.91. The Kier molecular flexibility index (Phi) is 5.48. The Morgan fingerprint density at radius 3 is 2.22 bits per heavy atom. The van der Waals surface area contributed by atoms with E-state index < -0.39 is 0 Å². The first-order valence-electron chi connectivity index (χ1n) is 7.59. The van der Waals surface area contributed by atoms with Gasteiger partial charge < -0.3 is 9.64 Å². The summed E-state index contributed by atoms with van der Waals surface area (Å²) in [6.45, 7) is 2.75. The lowest BCUT2D eigenvalue weighted by molar-refractivity contribution is -0.137. The van der Waals surface area contributed by atoms with Crippen LogP contribution in [-0.4, -0.2) is 37.6 Å². The molecule has 3 nitrogen and oxygen atoms in total. The highest BCUT2D eigenvalue weighted by Crippen LogP contribution is 2.26. The van der Waals surface area contributed by atoms with Gasteiger partial charge in [-0.05, 0) is 31.6 Å². The van der Waals surface area contributed by atoms with Crippen molar-refractivity contribution in [3.63, 3.8) is 0 Å². The van der Waals surface area contributed by atoms with Crippen molar-refractivity contribution in [2.24, 2.45) is 11.8 Å². The molecule has 0 spiro atoms. The predicted octanol–water partition coefficient (Wildman–Crippen LogP) is 2.84. The quantitative estimate of drug-likeness (QED) is 0.724. The molecule has 2 rings (SSSR count). The Morgan fingerprint density at radius 1 is 1.06 bits per heavy atom. The minimum atomic E-state index is 0.325. The van der Waals surface area contributed by atoms with E-state index in [1.807, 2.05) is 0 Å². The number of hydrogen-bond donors (Lipinski definition) is 0. The van der Waals surface area contributed by atoms with Crippen molar-refractivity contribution in [2.75, 3.05) is 26.8 Å². The molecule has 0 aromatic carbocycles. The largest absolute Gasteiger partial charge is 0.384 e. The van der Waals surface area contributed by atoms with Gasteiger partial charge in [-0.25, -0.2) is 0 Å². The number of likely N-dealkylation sites (tertiary alicyclic amines) is 1. The summed E-state index contributed by atoms with van der Waals surface area (Å²) < 4.78 is 5.21. The van der Waals surface area contributed by atoms with Gasteiger partial charge in [-0.1, -0.05) is 25.7 Å². The van der Waals surface area contributed by atoms with Crippen LogP contribution >= 0.6 is 0 Å². The molecule has 0 aromatic rings. The van der Waals surface area contributed by atoms with Gasteiger partial charge in [0.1, 0.15) is 0 Å². The Hall–Kier alpha value is -0.570. The zero-order valence-corrected chi connectivity index (χ0v) is 11.7. The molecule has 1 amide bonds. The first-order chi connectivity index (χ1) is 8.81. The van der Waals surface area contributed by atoms with Crippen LogP contribution in [0.1, 0.15) is 51.4 Å². The van der Waals surface area contributed by atoms with Crippen LogP contribution in [0, 0.1) is 11.8 Å². The van der Waals surface area contributed by atoms with Gasteiger partial charge in [0.15, 0.2) is 0 Å². The van der Waals surface area contributed by atoms with Crippen molar-refractivity contribution in [3.05, 3.63) is 0 Å². The number of amides is 1. The average molecular weight is 253 g/mol. The van der Waals surface area contributed by atoms with Crippen LogP contribution in [0.15, 0.2) is 0 Å². The molecule has 18 heavy (non-hydrogen) atoms. The lowest BCUT2D eigenvalue weighted by atomic mass is 9.94. The van der Waals surface area contributed by atoms with Crippen LogP contribution in [0.4, 0.5) is 0 Å². The number of carbonyl (C=O) groups is 1. The second kappa shape index (κ2) is 7.13. The van der Waals surface area contributed by atoms with Gasteiger partial charge in [0.05, 0.1) is 0 Å². The molecule has 3 heteroatoms. The monoisotopic (exact) mass is 253 g/mol. The van der Waals surface area contributed by atoms with Crippen molar-refractivity contribution < 1.29 is 9.53 Å².